The van der Waals surface area contributed by atoms with Crippen molar-refractivity contribution in [1.82, 2.24) is 10.2 Å². The summed E-state index contributed by atoms with van der Waals surface area (Å²) in [5, 5.41) is 12.8. The molecule has 0 aromatic heterocycles. The van der Waals surface area contributed by atoms with Gasteiger partial charge in [0, 0.05) is 13.1 Å². The third kappa shape index (κ3) is 3.14. The van der Waals surface area contributed by atoms with Crippen LogP contribution in [-0.4, -0.2) is 47.6 Å². The average molecular weight is 282 g/mol. The number of likely N-dealkylation sites (tertiary alicyclic amines) is 1. The summed E-state index contributed by atoms with van der Waals surface area (Å²) in [5.74, 6) is -0.639. The number of amides is 1. The van der Waals surface area contributed by atoms with Crippen molar-refractivity contribution in [3.63, 3.8) is 0 Å². The second kappa shape index (κ2) is 6.57. The normalized spacial score (nSPS) is 31.1. The molecule has 2 N–H and O–H groups in total. The molecular weight excluding hydrogens is 256 g/mol. The average Bonchev–Trinajstić information content (AvgIpc) is 2.48. The highest BCUT2D eigenvalue weighted by atomic mass is 16.4. The van der Waals surface area contributed by atoms with Crippen molar-refractivity contribution >= 4 is 11.9 Å². The fourth-order valence-corrected chi connectivity index (χ4v) is 3.57. The molecular formula is C15H26N2O3. The molecule has 0 aliphatic carbocycles. The van der Waals surface area contributed by atoms with E-state index in [1.165, 1.54) is 0 Å². The number of nitrogens with one attached hydrogen (secondary N) is 1. The van der Waals surface area contributed by atoms with Gasteiger partial charge in [-0.25, -0.2) is 0 Å². The van der Waals surface area contributed by atoms with Crippen molar-refractivity contribution in [3.05, 3.63) is 0 Å². The smallest absolute Gasteiger partial charge is 0.311 e. The molecule has 20 heavy (non-hydrogen) atoms. The lowest BCUT2D eigenvalue weighted by Gasteiger charge is -2.41. The largest absolute Gasteiger partial charge is 0.481 e. The molecule has 0 aromatic carbocycles. The molecule has 0 bridgehead atoms. The van der Waals surface area contributed by atoms with Gasteiger partial charge in [-0.1, -0.05) is 19.8 Å². The first-order valence-electron chi connectivity index (χ1n) is 7.84. The zero-order chi connectivity index (χ0) is 14.6. The highest BCUT2D eigenvalue weighted by molar-refractivity contribution is 5.83. The van der Waals surface area contributed by atoms with Crippen molar-refractivity contribution in [2.75, 3.05) is 19.6 Å². The van der Waals surface area contributed by atoms with E-state index in [4.69, 9.17) is 0 Å². The molecule has 2 fully saturated rings. The molecule has 2 aliphatic rings. The van der Waals surface area contributed by atoms with Crippen LogP contribution in [-0.2, 0) is 9.59 Å². The molecule has 0 aromatic rings. The van der Waals surface area contributed by atoms with E-state index in [9.17, 15) is 14.7 Å². The molecule has 0 saturated carbocycles. The number of hydrogen-bond acceptors (Lipinski definition) is 3. The van der Waals surface area contributed by atoms with E-state index in [0.29, 0.717) is 25.9 Å². The fourth-order valence-electron chi connectivity index (χ4n) is 3.57. The van der Waals surface area contributed by atoms with Crippen LogP contribution in [0.2, 0.25) is 0 Å². The SMILES string of the molecule is CCCC1(C(=O)O)CCCN(C(=O)[C@H]2CCCCN2)C1. The third-order valence-electron chi connectivity index (χ3n) is 4.68. The van der Waals surface area contributed by atoms with Crippen LogP contribution in [0.4, 0.5) is 0 Å². The van der Waals surface area contributed by atoms with Crippen LogP contribution in [0.25, 0.3) is 0 Å². The number of carboxylic acids is 1. The second-order valence-electron chi connectivity index (χ2n) is 6.20. The van der Waals surface area contributed by atoms with E-state index in [0.717, 1.165) is 38.6 Å². The third-order valence-corrected chi connectivity index (χ3v) is 4.68. The first-order valence-corrected chi connectivity index (χ1v) is 7.84. The summed E-state index contributed by atoms with van der Waals surface area (Å²) >= 11 is 0. The number of carbonyl (C=O) groups is 2. The number of piperidine rings is 2. The molecule has 114 valence electrons. The number of aliphatic carboxylic acids is 1. The van der Waals surface area contributed by atoms with Crippen LogP contribution in [0.15, 0.2) is 0 Å². The monoisotopic (exact) mass is 282 g/mol. The van der Waals surface area contributed by atoms with Gasteiger partial charge in [0.25, 0.3) is 0 Å². The van der Waals surface area contributed by atoms with Crippen LogP contribution in [0.1, 0.15) is 51.9 Å². The summed E-state index contributed by atoms with van der Waals surface area (Å²) < 4.78 is 0. The van der Waals surface area contributed by atoms with E-state index in [1.54, 1.807) is 4.90 Å². The Labute approximate surface area is 120 Å². The maximum Gasteiger partial charge on any atom is 0.311 e. The van der Waals surface area contributed by atoms with Crippen LogP contribution < -0.4 is 5.32 Å². The molecule has 2 atom stereocenters. The molecule has 2 aliphatic heterocycles. The minimum Gasteiger partial charge on any atom is -0.481 e. The van der Waals surface area contributed by atoms with Gasteiger partial charge in [-0.2, -0.15) is 0 Å². The van der Waals surface area contributed by atoms with E-state index in [2.05, 4.69) is 5.32 Å². The maximum absolute atomic E-state index is 12.5. The molecule has 1 amide bonds. The van der Waals surface area contributed by atoms with Crippen LogP contribution in [0.3, 0.4) is 0 Å². The lowest BCUT2D eigenvalue weighted by Crippen LogP contribution is -2.55. The Bertz CT molecular complexity index is 362. The van der Waals surface area contributed by atoms with Gasteiger partial charge in [0.2, 0.25) is 5.91 Å². The topological polar surface area (TPSA) is 69.6 Å². The Hall–Kier alpha value is -1.10. The van der Waals surface area contributed by atoms with Crippen molar-refractivity contribution in [2.45, 2.75) is 57.9 Å². The van der Waals surface area contributed by atoms with E-state index in [-0.39, 0.29) is 11.9 Å². The van der Waals surface area contributed by atoms with Crippen molar-refractivity contribution in [1.29, 1.82) is 0 Å². The first-order chi connectivity index (χ1) is 9.59. The van der Waals surface area contributed by atoms with Gasteiger partial charge in [0.15, 0.2) is 0 Å². The summed E-state index contributed by atoms with van der Waals surface area (Å²) in [5.41, 5.74) is -0.725. The number of carbonyl (C=O) groups excluding carboxylic acids is 1. The second-order valence-corrected chi connectivity index (χ2v) is 6.20. The number of rotatable bonds is 4. The van der Waals surface area contributed by atoms with Gasteiger partial charge in [-0.05, 0) is 38.6 Å². The Morgan fingerprint density at radius 2 is 2.15 bits per heavy atom. The molecule has 2 rings (SSSR count). The Balaban J connectivity index is 2.04. The molecule has 0 radical (unpaired) electrons. The van der Waals surface area contributed by atoms with Crippen molar-refractivity contribution in [3.8, 4) is 0 Å². The Kier molecular flexibility index (Phi) is 5.02. The number of nitrogens with zero attached hydrogens (tertiary/aromatic N) is 1. The van der Waals surface area contributed by atoms with Crippen LogP contribution in [0, 0.1) is 5.41 Å². The summed E-state index contributed by atoms with van der Waals surface area (Å²) in [6, 6.07) is -0.102. The minimum atomic E-state index is -0.742. The molecule has 5 nitrogen and oxygen atoms in total. The predicted molar refractivity (Wildman–Crippen MR) is 76.4 cm³/mol. The fraction of sp³-hybridized carbons (Fsp3) is 0.867. The lowest BCUT2D eigenvalue weighted by molar-refractivity contribution is -0.156. The molecule has 2 saturated heterocycles. The molecule has 2 heterocycles. The maximum atomic E-state index is 12.5. The zero-order valence-corrected chi connectivity index (χ0v) is 12.4. The Morgan fingerprint density at radius 3 is 2.75 bits per heavy atom. The minimum absolute atomic E-state index is 0.102. The van der Waals surface area contributed by atoms with E-state index in [1.807, 2.05) is 6.92 Å². The number of carboxylic acid groups (broad SMARTS) is 1. The first kappa shape index (κ1) is 15.3. The summed E-state index contributed by atoms with van der Waals surface area (Å²) in [4.78, 5) is 26.0. The summed E-state index contributed by atoms with van der Waals surface area (Å²) in [6.45, 7) is 3.99. The van der Waals surface area contributed by atoms with Crippen molar-refractivity contribution < 1.29 is 14.7 Å². The predicted octanol–water partition coefficient (Wildman–Crippen LogP) is 1.62. The zero-order valence-electron chi connectivity index (χ0n) is 12.4. The highest BCUT2D eigenvalue weighted by Gasteiger charge is 2.43. The lowest BCUT2D eigenvalue weighted by atomic mass is 9.76. The quantitative estimate of drug-likeness (QED) is 0.822. The van der Waals surface area contributed by atoms with Gasteiger partial charge < -0.3 is 15.3 Å². The number of hydrogen-bond donors (Lipinski definition) is 2. The highest BCUT2D eigenvalue weighted by Crippen LogP contribution is 2.35. The molecule has 0 spiro atoms. The van der Waals surface area contributed by atoms with Gasteiger partial charge >= 0.3 is 5.97 Å². The summed E-state index contributed by atoms with van der Waals surface area (Å²) in [6.07, 6.45) is 6.07. The van der Waals surface area contributed by atoms with Gasteiger partial charge in [-0.3, -0.25) is 9.59 Å². The molecule has 5 heteroatoms. The van der Waals surface area contributed by atoms with Crippen LogP contribution in [0.5, 0.6) is 0 Å². The van der Waals surface area contributed by atoms with Gasteiger partial charge in [-0.15, -0.1) is 0 Å². The van der Waals surface area contributed by atoms with Crippen molar-refractivity contribution in [2.24, 2.45) is 5.41 Å². The van der Waals surface area contributed by atoms with Gasteiger partial charge in [0.1, 0.15) is 0 Å². The van der Waals surface area contributed by atoms with Crippen LogP contribution >= 0.6 is 0 Å². The van der Waals surface area contributed by atoms with E-state index >= 15 is 0 Å². The standard InChI is InChI=1S/C15H26N2O3/c1-2-7-15(14(19)20)8-5-10-17(11-15)13(18)12-6-3-4-9-16-12/h12,16H,2-11H2,1H3,(H,19,20)/t12-,15?/m1/s1. The van der Waals surface area contributed by atoms with Gasteiger partial charge in [0.05, 0.1) is 11.5 Å². The summed E-state index contributed by atoms with van der Waals surface area (Å²) in [7, 11) is 0. The van der Waals surface area contributed by atoms with E-state index < -0.39 is 11.4 Å². The Morgan fingerprint density at radius 1 is 1.35 bits per heavy atom. The molecule has 1 unspecified atom stereocenters.